The summed E-state index contributed by atoms with van der Waals surface area (Å²) in [6.45, 7) is 1.24. The predicted molar refractivity (Wildman–Crippen MR) is 94.7 cm³/mol. The van der Waals surface area contributed by atoms with Gasteiger partial charge >= 0.3 is 0 Å². The van der Waals surface area contributed by atoms with Crippen molar-refractivity contribution in [2.75, 3.05) is 13.2 Å². The zero-order chi connectivity index (χ0) is 17.5. The number of ketones is 1. The van der Waals surface area contributed by atoms with E-state index in [1.54, 1.807) is 0 Å². The van der Waals surface area contributed by atoms with Crippen LogP contribution in [0.5, 0.6) is 0 Å². The molecule has 4 atom stereocenters. The molecule has 6 nitrogen and oxygen atoms in total. The Hall–Kier alpha value is -1.27. The average Bonchev–Trinajstić information content (AvgIpc) is 3.08. The highest BCUT2D eigenvalue weighted by Crippen LogP contribution is 2.40. The highest BCUT2D eigenvalue weighted by atomic mass is 16.6. The molecule has 0 spiro atoms. The molecule has 6 heteroatoms. The summed E-state index contributed by atoms with van der Waals surface area (Å²) in [6.07, 6.45) is 12.7. The lowest BCUT2D eigenvalue weighted by atomic mass is 9.86. The van der Waals surface area contributed by atoms with Crippen molar-refractivity contribution in [3.05, 3.63) is 11.9 Å². The van der Waals surface area contributed by atoms with Gasteiger partial charge in [-0.15, -0.1) is 5.10 Å². The normalized spacial score (nSPS) is 34.9. The van der Waals surface area contributed by atoms with Gasteiger partial charge in [-0.1, -0.05) is 37.3 Å². The minimum Gasteiger partial charge on any atom is -0.373 e. The van der Waals surface area contributed by atoms with Crippen molar-refractivity contribution >= 4 is 5.78 Å². The van der Waals surface area contributed by atoms with Gasteiger partial charge in [0.05, 0.1) is 25.0 Å². The minimum atomic E-state index is 0.0104. The van der Waals surface area contributed by atoms with Gasteiger partial charge in [0.2, 0.25) is 0 Å². The van der Waals surface area contributed by atoms with Crippen molar-refractivity contribution in [3.8, 4) is 0 Å². The molecular formula is C20H29N3O3. The van der Waals surface area contributed by atoms with Crippen LogP contribution in [0.3, 0.4) is 0 Å². The number of nitrogens with zero attached hydrogens (tertiary/aromatic N) is 3. The Morgan fingerprint density at radius 3 is 2.69 bits per heavy atom. The van der Waals surface area contributed by atoms with Crippen molar-refractivity contribution in [1.29, 1.82) is 0 Å². The number of fused-ring (bicyclic) bond motifs is 1. The van der Waals surface area contributed by atoms with Crippen molar-refractivity contribution in [1.82, 2.24) is 15.0 Å². The quantitative estimate of drug-likeness (QED) is 0.781. The summed E-state index contributed by atoms with van der Waals surface area (Å²) in [5, 5.41) is 8.80. The number of ether oxygens (including phenoxy) is 2. The molecule has 2 saturated carbocycles. The van der Waals surface area contributed by atoms with Gasteiger partial charge in [0.15, 0.2) is 0 Å². The molecule has 2 aliphatic carbocycles. The molecule has 26 heavy (non-hydrogen) atoms. The van der Waals surface area contributed by atoms with Crippen molar-refractivity contribution in [2.45, 2.75) is 76.0 Å². The van der Waals surface area contributed by atoms with E-state index in [0.29, 0.717) is 31.3 Å². The molecule has 0 N–H and O–H groups in total. The highest BCUT2D eigenvalue weighted by Gasteiger charge is 2.49. The molecular weight excluding hydrogens is 330 g/mol. The van der Waals surface area contributed by atoms with Crippen molar-refractivity contribution in [2.24, 2.45) is 17.8 Å². The minimum absolute atomic E-state index is 0.0104. The third kappa shape index (κ3) is 3.33. The molecule has 2 aliphatic heterocycles. The number of carbonyl (C=O) groups is 1. The fourth-order valence-electron chi connectivity index (χ4n) is 5.05. The van der Waals surface area contributed by atoms with Crippen LogP contribution in [0, 0.1) is 17.8 Å². The lowest BCUT2D eigenvalue weighted by molar-refractivity contribution is -0.121. The second-order valence-corrected chi connectivity index (χ2v) is 8.77. The summed E-state index contributed by atoms with van der Waals surface area (Å²) in [5.41, 5.74) is 1.10. The standard InChI is InChI=1S/C20H29N3O3/c24-18(14-6-7-14)9-15-11-25-20-17(12-26-19(15)20)23-10-16(21-22-23)8-13-4-2-1-3-5-13/h10,13-15,17,19-20H,1-9,11-12H2/t15-,17-,19+,20+/m0/s1. The molecule has 1 aromatic heterocycles. The zero-order valence-corrected chi connectivity index (χ0v) is 15.4. The van der Waals surface area contributed by atoms with Crippen LogP contribution in [-0.2, 0) is 20.7 Å². The molecule has 0 radical (unpaired) electrons. The first-order valence-corrected chi connectivity index (χ1v) is 10.4. The Morgan fingerprint density at radius 1 is 1.08 bits per heavy atom. The SMILES string of the molecule is O=C(C[C@H]1CO[C@H]2[C@@H]1OC[C@@H]2n1cc(CC2CCCCC2)nn1)C1CC1. The third-order valence-corrected chi connectivity index (χ3v) is 6.75. The summed E-state index contributed by atoms with van der Waals surface area (Å²) >= 11 is 0. The van der Waals surface area contributed by atoms with E-state index in [4.69, 9.17) is 9.47 Å². The summed E-state index contributed by atoms with van der Waals surface area (Å²) < 4.78 is 14.1. The maximum atomic E-state index is 12.2. The van der Waals surface area contributed by atoms with Crippen LogP contribution < -0.4 is 0 Å². The van der Waals surface area contributed by atoms with Crippen LogP contribution in [0.15, 0.2) is 6.20 Å². The molecule has 0 amide bonds. The van der Waals surface area contributed by atoms with Crippen LogP contribution in [-0.4, -0.2) is 46.2 Å². The molecule has 2 saturated heterocycles. The second kappa shape index (κ2) is 7.04. The molecule has 3 heterocycles. The van der Waals surface area contributed by atoms with Crippen molar-refractivity contribution < 1.29 is 14.3 Å². The second-order valence-electron chi connectivity index (χ2n) is 8.77. The molecule has 5 rings (SSSR count). The number of hydrogen-bond acceptors (Lipinski definition) is 5. The molecule has 4 fully saturated rings. The number of carbonyl (C=O) groups excluding carboxylic acids is 1. The van der Waals surface area contributed by atoms with E-state index in [1.807, 2.05) is 4.68 Å². The summed E-state index contributed by atoms with van der Waals surface area (Å²) in [5.74, 6) is 1.70. The topological polar surface area (TPSA) is 66.2 Å². The molecule has 0 unspecified atom stereocenters. The first kappa shape index (κ1) is 16.9. The number of aromatic nitrogens is 3. The lowest BCUT2D eigenvalue weighted by Crippen LogP contribution is -2.29. The number of Topliss-reactive ketones (excluding diaryl/α,β-unsaturated/α-hetero) is 1. The highest BCUT2D eigenvalue weighted by molar-refractivity contribution is 5.83. The monoisotopic (exact) mass is 359 g/mol. The lowest BCUT2D eigenvalue weighted by Gasteiger charge is -2.20. The summed E-state index contributed by atoms with van der Waals surface area (Å²) in [4.78, 5) is 12.2. The van der Waals surface area contributed by atoms with Gasteiger partial charge in [-0.2, -0.15) is 0 Å². The Kier molecular flexibility index (Phi) is 4.57. The van der Waals surface area contributed by atoms with E-state index in [9.17, 15) is 4.79 Å². The fraction of sp³-hybridized carbons (Fsp3) is 0.850. The van der Waals surface area contributed by atoms with Gasteiger partial charge in [0.25, 0.3) is 0 Å². The number of rotatable bonds is 6. The summed E-state index contributed by atoms with van der Waals surface area (Å²) in [6, 6.07) is 0.0913. The van der Waals surface area contributed by atoms with Gasteiger partial charge in [0, 0.05) is 24.5 Å². The van der Waals surface area contributed by atoms with E-state index >= 15 is 0 Å². The van der Waals surface area contributed by atoms with Gasteiger partial charge in [-0.05, 0) is 25.2 Å². The van der Waals surface area contributed by atoms with Crippen LogP contribution in [0.1, 0.15) is 63.1 Å². The molecule has 4 aliphatic rings. The van der Waals surface area contributed by atoms with Gasteiger partial charge in [-0.3, -0.25) is 4.79 Å². The van der Waals surface area contributed by atoms with E-state index < -0.39 is 0 Å². The maximum Gasteiger partial charge on any atom is 0.136 e. The Labute approximate surface area is 154 Å². The van der Waals surface area contributed by atoms with Gasteiger partial charge < -0.3 is 9.47 Å². The first-order chi connectivity index (χ1) is 12.8. The maximum absolute atomic E-state index is 12.2. The predicted octanol–water partition coefficient (Wildman–Crippen LogP) is 2.73. The molecule has 1 aromatic rings. The van der Waals surface area contributed by atoms with Crippen LogP contribution in [0.25, 0.3) is 0 Å². The Morgan fingerprint density at radius 2 is 1.88 bits per heavy atom. The van der Waals surface area contributed by atoms with Crippen LogP contribution >= 0.6 is 0 Å². The van der Waals surface area contributed by atoms with E-state index in [0.717, 1.165) is 30.9 Å². The average molecular weight is 359 g/mol. The third-order valence-electron chi connectivity index (χ3n) is 6.75. The number of hydrogen-bond donors (Lipinski definition) is 0. The smallest absolute Gasteiger partial charge is 0.136 e. The molecule has 0 bridgehead atoms. The van der Waals surface area contributed by atoms with Crippen LogP contribution in [0.4, 0.5) is 0 Å². The molecule has 0 aromatic carbocycles. The Bertz CT molecular complexity index is 650. The summed E-state index contributed by atoms with van der Waals surface area (Å²) in [7, 11) is 0. The van der Waals surface area contributed by atoms with E-state index in [-0.39, 0.29) is 24.2 Å². The fourth-order valence-corrected chi connectivity index (χ4v) is 5.05. The van der Waals surface area contributed by atoms with E-state index in [1.165, 1.54) is 32.1 Å². The zero-order valence-electron chi connectivity index (χ0n) is 15.4. The van der Waals surface area contributed by atoms with Gasteiger partial charge in [0.1, 0.15) is 17.9 Å². The van der Waals surface area contributed by atoms with Crippen LogP contribution in [0.2, 0.25) is 0 Å². The van der Waals surface area contributed by atoms with Gasteiger partial charge in [-0.25, -0.2) is 4.68 Å². The van der Waals surface area contributed by atoms with Crippen molar-refractivity contribution in [3.63, 3.8) is 0 Å². The van der Waals surface area contributed by atoms with E-state index in [2.05, 4.69) is 16.5 Å². The largest absolute Gasteiger partial charge is 0.373 e. The Balaban J connectivity index is 1.21. The molecule has 142 valence electrons. The first-order valence-electron chi connectivity index (χ1n) is 10.4.